The van der Waals surface area contributed by atoms with Crippen molar-refractivity contribution in [1.82, 2.24) is 0 Å². The van der Waals surface area contributed by atoms with Crippen LogP contribution < -0.4 is 0 Å². The fraction of sp³-hybridized carbons (Fsp3) is 0.724. The Bertz CT molecular complexity index is 503. The first-order valence-electron chi connectivity index (χ1n) is 12.4. The molecule has 0 aromatic heterocycles. The van der Waals surface area contributed by atoms with Crippen molar-refractivity contribution < 1.29 is 112 Å². The van der Waals surface area contributed by atoms with E-state index in [1.54, 1.807) is 0 Å². The quantitative estimate of drug-likeness (QED) is 0.240. The normalized spacial score (nSPS) is 26.2. The third-order valence-electron chi connectivity index (χ3n) is 6.81. The molecule has 3 aliphatic rings. The third kappa shape index (κ3) is 15.4. The number of allylic oxidation sites excluding steroid dienone is 1. The smallest absolute Gasteiger partial charge is 0.0896 e. The second-order valence-corrected chi connectivity index (χ2v) is 10.5. The molecule has 0 amide bonds. The van der Waals surface area contributed by atoms with E-state index in [0.29, 0.717) is 5.41 Å². The van der Waals surface area contributed by atoms with Gasteiger partial charge in [0.25, 0.3) is 0 Å². The van der Waals surface area contributed by atoms with Crippen molar-refractivity contribution in [3.05, 3.63) is 51.4 Å². The summed E-state index contributed by atoms with van der Waals surface area (Å²) in [5, 5.41) is 0. The zero-order valence-electron chi connectivity index (χ0n) is 23.6. The Hall–Kier alpha value is 2.77. The molecule has 0 aliphatic carbocycles. The minimum Gasteiger partial charge on any atom is -0.497 e. The van der Waals surface area contributed by atoms with Gasteiger partial charge in [0.2, 0.25) is 0 Å². The van der Waals surface area contributed by atoms with Gasteiger partial charge in [-0.05, 0) is 32.3 Å². The van der Waals surface area contributed by atoms with Crippen LogP contribution in [0.5, 0.6) is 0 Å². The summed E-state index contributed by atoms with van der Waals surface area (Å²) in [4.78, 5) is 0. The van der Waals surface area contributed by atoms with Crippen LogP contribution in [-0.2, 0) is 112 Å². The summed E-state index contributed by atoms with van der Waals surface area (Å²) in [7, 11) is 0. The van der Waals surface area contributed by atoms with Crippen molar-refractivity contribution >= 4 is 0 Å². The molecule has 0 aromatic rings. The standard InChI is InChI=1S/2C10H18O.C9H14O.3Y/c1-4-10(7-9(2)3)5-6-11-8-10;1-4-10(8-9(2)3)6-5-7-11-10;1-4-9(5-2)7-6-8(3)10-9;;;/h2*1,4-8H2,2-3H3;6H,1-2,4-5,7H2,3H3;;;/q3*-2;;;. The fourth-order valence-electron chi connectivity index (χ4n) is 4.83. The molecule has 0 bridgehead atoms. The molecule has 35 heavy (non-hydrogen) atoms. The maximum atomic E-state index is 5.72. The molecule has 2 saturated heterocycles. The molecule has 0 aromatic carbocycles. The Balaban J connectivity index is -0.000000421. The zero-order valence-corrected chi connectivity index (χ0v) is 32.1. The molecule has 0 spiro atoms. The Morgan fingerprint density at radius 2 is 1.37 bits per heavy atom. The Morgan fingerprint density at radius 1 is 0.800 bits per heavy atom. The van der Waals surface area contributed by atoms with Crippen molar-refractivity contribution in [3.63, 3.8) is 0 Å². The molecule has 0 N–H and O–H groups in total. The molecule has 199 valence electrons. The van der Waals surface area contributed by atoms with Gasteiger partial charge in [0.15, 0.2) is 0 Å². The van der Waals surface area contributed by atoms with E-state index < -0.39 is 0 Å². The van der Waals surface area contributed by atoms with Gasteiger partial charge in [-0.2, -0.15) is 53.4 Å². The number of ether oxygens (including phenoxy) is 3. The number of hydrogen-bond acceptors (Lipinski definition) is 3. The summed E-state index contributed by atoms with van der Waals surface area (Å²) in [6.07, 6.45) is 12.5. The maximum absolute atomic E-state index is 5.72. The van der Waals surface area contributed by atoms with Crippen LogP contribution in [-0.4, -0.2) is 31.0 Å². The molecular formula is C29H50O3Y3-6. The molecule has 2 fully saturated rings. The summed E-state index contributed by atoms with van der Waals surface area (Å²) in [6.45, 7) is 29.1. The van der Waals surface area contributed by atoms with Crippen LogP contribution in [0.15, 0.2) is 11.8 Å². The Labute approximate surface area is 295 Å². The van der Waals surface area contributed by atoms with E-state index in [1.165, 1.54) is 37.5 Å². The van der Waals surface area contributed by atoms with Crippen LogP contribution >= 0.6 is 0 Å². The molecule has 2 atom stereocenters. The largest absolute Gasteiger partial charge is 0.497 e. The summed E-state index contributed by atoms with van der Waals surface area (Å²) in [5.74, 6) is 3.97. The van der Waals surface area contributed by atoms with Gasteiger partial charge in [0.1, 0.15) is 0 Å². The molecule has 3 nitrogen and oxygen atoms in total. The minimum atomic E-state index is -0.0654. The van der Waals surface area contributed by atoms with Crippen LogP contribution in [0, 0.1) is 44.9 Å². The van der Waals surface area contributed by atoms with Crippen molar-refractivity contribution in [3.8, 4) is 0 Å². The van der Waals surface area contributed by atoms with Crippen molar-refractivity contribution in [2.45, 2.75) is 110 Å². The van der Waals surface area contributed by atoms with Gasteiger partial charge in [-0.25, -0.2) is 0 Å². The molecule has 0 saturated carbocycles. The van der Waals surface area contributed by atoms with Gasteiger partial charge in [-0.15, -0.1) is 12.8 Å². The van der Waals surface area contributed by atoms with Crippen molar-refractivity contribution in [2.75, 3.05) is 19.8 Å². The molecule has 2 unspecified atom stereocenters. The van der Waals surface area contributed by atoms with Crippen LogP contribution in [0.3, 0.4) is 0 Å². The predicted molar refractivity (Wildman–Crippen MR) is 136 cm³/mol. The van der Waals surface area contributed by atoms with Gasteiger partial charge >= 0.3 is 0 Å². The monoisotopic (exact) mass is 713 g/mol. The van der Waals surface area contributed by atoms with E-state index in [1.807, 2.05) is 6.92 Å². The van der Waals surface area contributed by atoms with E-state index in [0.717, 1.165) is 64.1 Å². The topological polar surface area (TPSA) is 27.7 Å². The fourth-order valence-corrected chi connectivity index (χ4v) is 4.83. The van der Waals surface area contributed by atoms with Gasteiger partial charge < -0.3 is 53.7 Å². The Kier molecular flexibility index (Phi) is 26.0. The molecule has 3 rings (SSSR count). The Morgan fingerprint density at radius 3 is 1.66 bits per heavy atom. The molecule has 3 aliphatic heterocycles. The van der Waals surface area contributed by atoms with Crippen LogP contribution in [0.1, 0.15) is 98.8 Å². The average molecular weight is 713 g/mol. The van der Waals surface area contributed by atoms with E-state index in [-0.39, 0.29) is 109 Å². The summed E-state index contributed by atoms with van der Waals surface area (Å²) in [5.41, 5.74) is 0.432. The van der Waals surface area contributed by atoms with E-state index in [9.17, 15) is 0 Å². The second kappa shape index (κ2) is 21.5. The first-order valence-corrected chi connectivity index (χ1v) is 12.4. The third-order valence-corrected chi connectivity index (χ3v) is 6.81. The minimum absolute atomic E-state index is 0. The summed E-state index contributed by atoms with van der Waals surface area (Å²) in [6, 6.07) is 0. The van der Waals surface area contributed by atoms with E-state index >= 15 is 0 Å². The van der Waals surface area contributed by atoms with Crippen LogP contribution in [0.2, 0.25) is 0 Å². The molecule has 6 heteroatoms. The SMILES string of the molecule is [CH2-]CC1(C[C-](C)C)CCCO1.[CH2-]CC1(C[C-](C)C)CCOC1.[CH2-]CC1(C[CH2-])CC=C(C)O1.[Y].[Y].[Y]. The first-order chi connectivity index (χ1) is 15.1. The number of hydrogen-bond donors (Lipinski definition) is 0. The van der Waals surface area contributed by atoms with Crippen molar-refractivity contribution in [1.29, 1.82) is 0 Å². The van der Waals surface area contributed by atoms with Crippen LogP contribution in [0.25, 0.3) is 0 Å². The van der Waals surface area contributed by atoms with Crippen molar-refractivity contribution in [2.24, 2.45) is 5.41 Å². The average Bonchev–Trinajstić information content (AvgIpc) is 3.49. The van der Waals surface area contributed by atoms with E-state index in [4.69, 9.17) is 14.2 Å². The number of rotatable bonds is 8. The first kappa shape index (κ1) is 42.2. The van der Waals surface area contributed by atoms with Gasteiger partial charge in [0.05, 0.1) is 11.4 Å². The van der Waals surface area contributed by atoms with Crippen LogP contribution in [0.4, 0.5) is 0 Å². The summed E-state index contributed by atoms with van der Waals surface area (Å²) >= 11 is 0. The van der Waals surface area contributed by atoms with Gasteiger partial charge in [0, 0.05) is 130 Å². The van der Waals surface area contributed by atoms with Gasteiger partial charge in [-0.1, -0.05) is 5.41 Å². The molecule has 3 radical (unpaired) electrons. The molecular weight excluding hydrogens is 663 g/mol. The molecule has 3 heterocycles. The predicted octanol–water partition coefficient (Wildman–Crippen LogP) is 7.88. The second-order valence-electron chi connectivity index (χ2n) is 10.5. The zero-order chi connectivity index (χ0) is 24.3. The van der Waals surface area contributed by atoms with Gasteiger partial charge in [-0.3, -0.25) is 0 Å². The summed E-state index contributed by atoms with van der Waals surface area (Å²) < 4.78 is 16.7. The van der Waals surface area contributed by atoms with E-state index in [2.05, 4.69) is 61.5 Å². The maximum Gasteiger partial charge on any atom is 0.0896 e.